The maximum atomic E-state index is 9.53. The molecule has 0 aromatic carbocycles. The van der Waals surface area contributed by atoms with Crippen LogP contribution in [0.25, 0.3) is 0 Å². The van der Waals surface area contributed by atoms with E-state index in [0.29, 0.717) is 18.8 Å². The molecule has 0 unspecified atom stereocenters. The highest BCUT2D eigenvalue weighted by atomic mass is 16.6. The van der Waals surface area contributed by atoms with Crippen LogP contribution in [0.3, 0.4) is 0 Å². The molecule has 0 amide bonds. The van der Waals surface area contributed by atoms with E-state index < -0.39 is 0 Å². The van der Waals surface area contributed by atoms with E-state index in [2.05, 4.69) is 11.9 Å². The monoisotopic (exact) mass is 338 g/mol. The minimum absolute atomic E-state index is 0.580. The fourth-order valence-corrected chi connectivity index (χ4v) is 3.66. The van der Waals surface area contributed by atoms with Gasteiger partial charge in [0.05, 0.1) is 25.3 Å². The lowest BCUT2D eigenvalue weighted by Gasteiger charge is -2.10. The van der Waals surface area contributed by atoms with Crippen LogP contribution in [0, 0.1) is 0 Å². The van der Waals surface area contributed by atoms with E-state index in [-0.39, 0.29) is 0 Å². The third-order valence-corrected chi connectivity index (χ3v) is 5.32. The number of unbranched alkanes of at least 4 members (excludes halogenated alkanes) is 9. The summed E-state index contributed by atoms with van der Waals surface area (Å²) in [6, 6.07) is 0. The smallest absolute Gasteiger partial charge is 0.123 e. The number of amidine groups is 1. The van der Waals surface area contributed by atoms with Crippen LogP contribution in [-0.2, 0) is 4.74 Å². The molecular weight excluding hydrogens is 300 g/mol. The van der Waals surface area contributed by atoms with Crippen molar-refractivity contribution in [2.45, 2.75) is 109 Å². The first-order chi connectivity index (χ1) is 11.8. The predicted octanol–water partition coefficient (Wildman–Crippen LogP) is 5.34. The Morgan fingerprint density at radius 3 is 2.08 bits per heavy atom. The zero-order chi connectivity index (χ0) is 17.0. The van der Waals surface area contributed by atoms with Crippen molar-refractivity contribution in [1.29, 1.82) is 0 Å². The van der Waals surface area contributed by atoms with Crippen LogP contribution in [0.2, 0.25) is 0 Å². The Hall–Kier alpha value is -0.610. The first-order valence-electron chi connectivity index (χ1n) is 10.5. The zero-order valence-corrected chi connectivity index (χ0v) is 15.7. The van der Waals surface area contributed by atoms with Crippen molar-refractivity contribution in [1.82, 2.24) is 5.06 Å². The first kappa shape index (κ1) is 19.7. The van der Waals surface area contributed by atoms with Gasteiger partial charge in [-0.05, 0) is 19.3 Å². The minimum Gasteiger partial charge on any atom is -0.370 e. The van der Waals surface area contributed by atoms with Gasteiger partial charge < -0.3 is 4.74 Å². The van der Waals surface area contributed by atoms with Gasteiger partial charge in [0, 0.05) is 6.42 Å². The summed E-state index contributed by atoms with van der Waals surface area (Å²) in [5, 5.41) is 10.8. The Balaban J connectivity index is 1.31. The summed E-state index contributed by atoms with van der Waals surface area (Å²) in [6.45, 7) is 3.71. The molecule has 2 atom stereocenters. The van der Waals surface area contributed by atoms with E-state index in [1.807, 2.05) is 0 Å². The molecule has 0 spiro atoms. The molecule has 0 aliphatic carbocycles. The Morgan fingerprint density at radius 1 is 0.917 bits per heavy atom. The van der Waals surface area contributed by atoms with Gasteiger partial charge in [-0.2, -0.15) is 0 Å². The topological polar surface area (TPSA) is 48.4 Å². The molecule has 2 rings (SSSR count). The average Bonchev–Trinajstić information content (AvgIpc) is 3.21. The second-order valence-corrected chi connectivity index (χ2v) is 7.50. The van der Waals surface area contributed by atoms with E-state index in [9.17, 15) is 5.21 Å². The summed E-state index contributed by atoms with van der Waals surface area (Å²) in [5.41, 5.74) is 0. The van der Waals surface area contributed by atoms with Crippen LogP contribution < -0.4 is 0 Å². The molecule has 0 aromatic rings. The summed E-state index contributed by atoms with van der Waals surface area (Å²) in [5.74, 6) is 0.888. The molecule has 2 aliphatic heterocycles. The molecule has 4 nitrogen and oxygen atoms in total. The van der Waals surface area contributed by atoms with Gasteiger partial charge in [0.15, 0.2) is 0 Å². The Kier molecular flexibility index (Phi) is 9.74. The fourth-order valence-electron chi connectivity index (χ4n) is 3.66. The summed E-state index contributed by atoms with van der Waals surface area (Å²) < 4.78 is 5.80. The summed E-state index contributed by atoms with van der Waals surface area (Å²) in [7, 11) is 0. The third kappa shape index (κ3) is 7.98. The lowest BCUT2D eigenvalue weighted by atomic mass is 10.0. The van der Waals surface area contributed by atoms with Crippen molar-refractivity contribution in [2.75, 3.05) is 13.1 Å². The standard InChI is InChI=1S/C20H38N2O2/c1-2-3-4-5-7-10-13-18-19(24-18)14-11-8-6-9-12-15-20-21-16-17-22(20)23/h18-19,23H,2-17H2,1H3/t18-,19+/m0/s1. The fraction of sp³-hybridized carbons (Fsp3) is 0.950. The summed E-state index contributed by atoms with van der Waals surface area (Å²) in [6.07, 6.45) is 19.3. The highest BCUT2D eigenvalue weighted by Gasteiger charge is 2.36. The first-order valence-corrected chi connectivity index (χ1v) is 10.5. The maximum Gasteiger partial charge on any atom is 0.123 e. The number of epoxide rings is 1. The van der Waals surface area contributed by atoms with Crippen LogP contribution in [-0.4, -0.2) is 41.4 Å². The van der Waals surface area contributed by atoms with Crippen LogP contribution >= 0.6 is 0 Å². The van der Waals surface area contributed by atoms with Gasteiger partial charge in [-0.15, -0.1) is 0 Å². The van der Waals surface area contributed by atoms with E-state index in [1.54, 1.807) is 0 Å². The quantitative estimate of drug-likeness (QED) is 0.324. The molecular formula is C20H38N2O2. The van der Waals surface area contributed by atoms with E-state index in [4.69, 9.17) is 4.74 Å². The molecule has 0 aromatic heterocycles. The second kappa shape index (κ2) is 11.9. The zero-order valence-electron chi connectivity index (χ0n) is 15.7. The lowest BCUT2D eigenvalue weighted by molar-refractivity contribution is -0.00500. The Labute approximate surface area is 148 Å². The summed E-state index contributed by atoms with van der Waals surface area (Å²) in [4.78, 5) is 4.31. The van der Waals surface area contributed by atoms with Gasteiger partial charge in [0.1, 0.15) is 5.84 Å². The number of hydrogen-bond acceptors (Lipinski definition) is 4. The highest BCUT2D eigenvalue weighted by Crippen LogP contribution is 2.31. The number of rotatable bonds is 15. The van der Waals surface area contributed by atoms with E-state index >= 15 is 0 Å². The highest BCUT2D eigenvalue weighted by molar-refractivity contribution is 5.82. The molecule has 4 heteroatoms. The van der Waals surface area contributed by atoms with Crippen molar-refractivity contribution in [2.24, 2.45) is 4.99 Å². The third-order valence-electron chi connectivity index (χ3n) is 5.32. The van der Waals surface area contributed by atoms with Gasteiger partial charge in [-0.3, -0.25) is 10.2 Å². The molecule has 1 fully saturated rings. The van der Waals surface area contributed by atoms with Crippen molar-refractivity contribution in [3.63, 3.8) is 0 Å². The average molecular weight is 339 g/mol. The van der Waals surface area contributed by atoms with Crippen molar-refractivity contribution >= 4 is 5.84 Å². The molecule has 24 heavy (non-hydrogen) atoms. The number of ether oxygens (including phenoxy) is 1. The van der Waals surface area contributed by atoms with Crippen LogP contribution in [0.1, 0.15) is 96.8 Å². The number of nitrogens with zero attached hydrogens (tertiary/aromatic N) is 2. The normalized spacial score (nSPS) is 22.9. The van der Waals surface area contributed by atoms with Crippen LogP contribution in [0.4, 0.5) is 0 Å². The van der Waals surface area contributed by atoms with Crippen LogP contribution in [0.5, 0.6) is 0 Å². The molecule has 0 bridgehead atoms. The summed E-state index contributed by atoms with van der Waals surface area (Å²) >= 11 is 0. The van der Waals surface area contributed by atoms with Crippen molar-refractivity contribution in [3.8, 4) is 0 Å². The molecule has 0 radical (unpaired) electrons. The SMILES string of the molecule is CCCCCCCC[C@@H]1O[C@@H]1CCCCCCCC1=NCCN1O. The van der Waals surface area contributed by atoms with Gasteiger partial charge in [0.2, 0.25) is 0 Å². The molecule has 0 saturated carbocycles. The number of hydroxylamine groups is 2. The number of aliphatic imine (C=N–C) groups is 1. The van der Waals surface area contributed by atoms with Gasteiger partial charge >= 0.3 is 0 Å². The van der Waals surface area contributed by atoms with Gasteiger partial charge in [-0.25, -0.2) is 5.06 Å². The molecule has 2 aliphatic rings. The number of hydrogen-bond donors (Lipinski definition) is 1. The Morgan fingerprint density at radius 2 is 1.50 bits per heavy atom. The second-order valence-electron chi connectivity index (χ2n) is 7.50. The largest absolute Gasteiger partial charge is 0.370 e. The van der Waals surface area contributed by atoms with E-state index in [0.717, 1.165) is 25.2 Å². The predicted molar refractivity (Wildman–Crippen MR) is 99.8 cm³/mol. The van der Waals surface area contributed by atoms with Crippen LogP contribution in [0.15, 0.2) is 4.99 Å². The Bertz CT molecular complexity index is 360. The molecule has 1 saturated heterocycles. The molecule has 140 valence electrons. The minimum atomic E-state index is 0.580. The van der Waals surface area contributed by atoms with E-state index in [1.165, 1.54) is 82.1 Å². The molecule has 1 N–H and O–H groups in total. The van der Waals surface area contributed by atoms with Crippen molar-refractivity contribution < 1.29 is 9.94 Å². The van der Waals surface area contributed by atoms with Gasteiger partial charge in [-0.1, -0.05) is 71.1 Å². The lowest BCUT2D eigenvalue weighted by Crippen LogP contribution is -2.23. The van der Waals surface area contributed by atoms with Crippen molar-refractivity contribution in [3.05, 3.63) is 0 Å². The maximum absolute atomic E-state index is 9.53. The molecule has 2 heterocycles. The van der Waals surface area contributed by atoms with Gasteiger partial charge in [0.25, 0.3) is 0 Å².